The van der Waals surface area contributed by atoms with E-state index >= 15 is 0 Å². The third-order valence-corrected chi connectivity index (χ3v) is 2.94. The van der Waals surface area contributed by atoms with Gasteiger partial charge in [-0.05, 0) is 0 Å². The van der Waals surface area contributed by atoms with Crippen molar-refractivity contribution in [2.45, 2.75) is 6.29 Å². The maximum atomic E-state index is 8.66. The van der Waals surface area contributed by atoms with Crippen LogP contribution in [-0.4, -0.2) is 32.0 Å². The molecular formula is C8H10ClN3O2S. The second-order valence-corrected chi connectivity index (χ2v) is 3.89. The Hall–Kier alpha value is -0.870. The third kappa shape index (κ3) is 3.32. The van der Waals surface area contributed by atoms with Crippen LogP contribution in [0.2, 0.25) is 5.15 Å². The van der Waals surface area contributed by atoms with Crippen molar-refractivity contribution in [1.82, 2.24) is 4.98 Å². The molecule has 0 unspecified atom stereocenters. The normalized spacial score (nSPS) is 10.3. The highest BCUT2D eigenvalue weighted by atomic mass is 35.5. The van der Waals surface area contributed by atoms with Crippen LogP contribution < -0.4 is 5.32 Å². The summed E-state index contributed by atoms with van der Waals surface area (Å²) in [5.41, 5.74) is 0. The molecule has 1 aromatic heterocycles. The van der Waals surface area contributed by atoms with Crippen molar-refractivity contribution < 1.29 is 9.47 Å². The van der Waals surface area contributed by atoms with E-state index in [1.165, 1.54) is 11.3 Å². The van der Waals surface area contributed by atoms with Crippen molar-refractivity contribution in [3.05, 3.63) is 10.0 Å². The molecule has 0 amide bonds. The van der Waals surface area contributed by atoms with Crippen LogP contribution in [0.4, 0.5) is 5.13 Å². The second kappa shape index (κ2) is 5.88. The third-order valence-electron chi connectivity index (χ3n) is 1.63. The highest BCUT2D eigenvalue weighted by Crippen LogP contribution is 2.25. The minimum Gasteiger partial charge on any atom is -0.356 e. The van der Waals surface area contributed by atoms with Gasteiger partial charge in [0, 0.05) is 14.2 Å². The van der Waals surface area contributed by atoms with E-state index in [1.54, 1.807) is 14.2 Å². The van der Waals surface area contributed by atoms with Crippen LogP contribution in [0.1, 0.15) is 4.88 Å². The van der Waals surface area contributed by atoms with Gasteiger partial charge in [0.05, 0.1) is 6.54 Å². The van der Waals surface area contributed by atoms with Crippen LogP contribution in [0.25, 0.3) is 0 Å². The van der Waals surface area contributed by atoms with Crippen molar-refractivity contribution in [2.75, 3.05) is 26.1 Å². The number of aromatic nitrogens is 1. The van der Waals surface area contributed by atoms with Crippen molar-refractivity contribution >= 4 is 28.1 Å². The number of anilines is 1. The second-order valence-electron chi connectivity index (χ2n) is 2.53. The smallest absolute Gasteiger partial charge is 0.185 e. The summed E-state index contributed by atoms with van der Waals surface area (Å²) in [6.07, 6.45) is -0.349. The first kappa shape index (κ1) is 12.2. The van der Waals surface area contributed by atoms with Gasteiger partial charge in [0.2, 0.25) is 0 Å². The van der Waals surface area contributed by atoms with Gasteiger partial charge in [-0.1, -0.05) is 22.9 Å². The molecule has 0 aliphatic rings. The summed E-state index contributed by atoms with van der Waals surface area (Å²) in [5, 5.41) is 12.4. The van der Waals surface area contributed by atoms with Crippen LogP contribution in [-0.2, 0) is 9.47 Å². The van der Waals surface area contributed by atoms with Gasteiger partial charge in [0.1, 0.15) is 10.9 Å². The molecule has 1 aromatic rings. The van der Waals surface area contributed by atoms with Gasteiger partial charge < -0.3 is 14.8 Å². The summed E-state index contributed by atoms with van der Waals surface area (Å²) < 4.78 is 9.96. The van der Waals surface area contributed by atoms with Gasteiger partial charge >= 0.3 is 0 Å². The Balaban J connectivity index is 2.55. The molecule has 0 aliphatic carbocycles. The molecule has 0 radical (unpaired) electrons. The van der Waals surface area contributed by atoms with Crippen molar-refractivity contribution in [2.24, 2.45) is 0 Å². The molecule has 0 saturated carbocycles. The molecule has 1 heterocycles. The zero-order chi connectivity index (χ0) is 11.3. The Morgan fingerprint density at radius 1 is 1.60 bits per heavy atom. The van der Waals surface area contributed by atoms with Crippen LogP contribution >= 0.6 is 22.9 Å². The minimum absolute atomic E-state index is 0.219. The monoisotopic (exact) mass is 247 g/mol. The Labute approximate surface area is 96.6 Å². The molecule has 0 atom stereocenters. The summed E-state index contributed by atoms with van der Waals surface area (Å²) in [5.74, 6) is 0. The van der Waals surface area contributed by atoms with Gasteiger partial charge in [-0.2, -0.15) is 5.26 Å². The predicted molar refractivity (Wildman–Crippen MR) is 58.1 cm³/mol. The zero-order valence-corrected chi connectivity index (χ0v) is 9.85. The van der Waals surface area contributed by atoms with Crippen molar-refractivity contribution in [3.63, 3.8) is 0 Å². The SMILES string of the molecule is COC(CNc1nc(Cl)c(C#N)s1)OC. The standard InChI is InChI=1S/C8H10ClN3O2S/c1-13-6(14-2)4-11-8-12-7(9)5(3-10)15-8/h6H,4H2,1-2H3,(H,11,12). The summed E-state index contributed by atoms with van der Waals surface area (Å²) in [4.78, 5) is 4.36. The van der Waals surface area contributed by atoms with E-state index in [0.29, 0.717) is 16.6 Å². The average Bonchev–Trinajstić information content (AvgIpc) is 2.60. The molecular weight excluding hydrogens is 238 g/mol. The van der Waals surface area contributed by atoms with E-state index in [1.807, 2.05) is 6.07 Å². The summed E-state index contributed by atoms with van der Waals surface area (Å²) in [6.45, 7) is 0.446. The quantitative estimate of drug-likeness (QED) is 0.803. The number of nitrogens with zero attached hydrogens (tertiary/aromatic N) is 2. The zero-order valence-electron chi connectivity index (χ0n) is 8.28. The first-order valence-electron chi connectivity index (χ1n) is 4.07. The number of thiazole rings is 1. The summed E-state index contributed by atoms with van der Waals surface area (Å²) in [6, 6.07) is 1.95. The van der Waals surface area contributed by atoms with E-state index in [0.717, 1.165) is 0 Å². The van der Waals surface area contributed by atoms with Crippen LogP contribution in [0, 0.1) is 11.3 Å². The largest absolute Gasteiger partial charge is 0.356 e. The number of nitriles is 1. The van der Waals surface area contributed by atoms with Gasteiger partial charge in [-0.3, -0.25) is 0 Å². The minimum atomic E-state index is -0.349. The molecule has 82 valence electrons. The van der Waals surface area contributed by atoms with Gasteiger partial charge in [-0.25, -0.2) is 4.98 Å². The first-order valence-corrected chi connectivity index (χ1v) is 5.26. The molecule has 15 heavy (non-hydrogen) atoms. The molecule has 7 heteroatoms. The number of hydrogen-bond acceptors (Lipinski definition) is 6. The predicted octanol–water partition coefficient (Wildman–Crippen LogP) is 1.70. The fourth-order valence-electron chi connectivity index (χ4n) is 0.880. The molecule has 0 fully saturated rings. The molecule has 0 bridgehead atoms. The Morgan fingerprint density at radius 2 is 2.27 bits per heavy atom. The topological polar surface area (TPSA) is 67.2 Å². The Morgan fingerprint density at radius 3 is 2.73 bits per heavy atom. The molecule has 0 spiro atoms. The number of ether oxygens (including phenoxy) is 2. The Kier molecular flexibility index (Phi) is 4.78. The number of methoxy groups -OCH3 is 2. The lowest BCUT2D eigenvalue weighted by Gasteiger charge is -2.12. The summed E-state index contributed by atoms with van der Waals surface area (Å²) in [7, 11) is 3.09. The average molecular weight is 248 g/mol. The number of nitrogens with one attached hydrogen (secondary N) is 1. The van der Waals surface area contributed by atoms with Crippen molar-refractivity contribution in [1.29, 1.82) is 5.26 Å². The Bertz CT molecular complexity index is 359. The first-order chi connectivity index (χ1) is 7.21. The molecule has 0 saturated heterocycles. The highest BCUT2D eigenvalue weighted by molar-refractivity contribution is 7.16. The lowest BCUT2D eigenvalue weighted by Crippen LogP contribution is -2.23. The number of halogens is 1. The molecule has 0 aromatic carbocycles. The molecule has 1 N–H and O–H groups in total. The lowest BCUT2D eigenvalue weighted by molar-refractivity contribution is -0.0914. The van der Waals surface area contributed by atoms with Gasteiger partial charge in [0.25, 0.3) is 0 Å². The molecule has 1 rings (SSSR count). The van der Waals surface area contributed by atoms with E-state index in [-0.39, 0.29) is 11.4 Å². The maximum absolute atomic E-state index is 8.66. The van der Waals surface area contributed by atoms with Crippen LogP contribution in [0.3, 0.4) is 0 Å². The summed E-state index contributed by atoms with van der Waals surface area (Å²) >= 11 is 6.90. The van der Waals surface area contributed by atoms with Gasteiger partial charge in [-0.15, -0.1) is 0 Å². The van der Waals surface area contributed by atoms with Crippen LogP contribution in [0.15, 0.2) is 0 Å². The van der Waals surface area contributed by atoms with E-state index in [9.17, 15) is 0 Å². The number of rotatable bonds is 5. The number of hydrogen-bond donors (Lipinski definition) is 1. The molecule has 0 aliphatic heterocycles. The van der Waals surface area contributed by atoms with E-state index in [4.69, 9.17) is 26.3 Å². The van der Waals surface area contributed by atoms with Gasteiger partial charge in [0.15, 0.2) is 16.6 Å². The van der Waals surface area contributed by atoms with E-state index in [2.05, 4.69) is 10.3 Å². The lowest BCUT2D eigenvalue weighted by atomic mass is 10.6. The van der Waals surface area contributed by atoms with Crippen molar-refractivity contribution in [3.8, 4) is 6.07 Å². The fourth-order valence-corrected chi connectivity index (χ4v) is 1.83. The van der Waals surface area contributed by atoms with E-state index < -0.39 is 0 Å². The highest BCUT2D eigenvalue weighted by Gasteiger charge is 2.10. The van der Waals surface area contributed by atoms with Crippen LogP contribution in [0.5, 0.6) is 0 Å². The fraction of sp³-hybridized carbons (Fsp3) is 0.500. The maximum Gasteiger partial charge on any atom is 0.185 e. The molecule has 5 nitrogen and oxygen atoms in total.